The van der Waals surface area contributed by atoms with Gasteiger partial charge in [-0.15, -0.1) is 0 Å². The zero-order valence-electron chi connectivity index (χ0n) is 9.38. The van der Waals surface area contributed by atoms with E-state index in [0.717, 1.165) is 36.7 Å². The van der Waals surface area contributed by atoms with Crippen molar-refractivity contribution < 1.29 is 0 Å². The molecule has 0 fully saturated rings. The molecule has 2 rings (SSSR count). The first-order valence-electron chi connectivity index (χ1n) is 5.51. The zero-order valence-corrected chi connectivity index (χ0v) is 9.38. The van der Waals surface area contributed by atoms with Gasteiger partial charge in [-0.1, -0.05) is 13.8 Å². The third-order valence-electron chi connectivity index (χ3n) is 2.75. The van der Waals surface area contributed by atoms with Crippen LogP contribution in [-0.4, -0.2) is 16.5 Å². The average Bonchev–Trinajstić information content (AvgIpc) is 2.27. The van der Waals surface area contributed by atoms with Crippen LogP contribution < -0.4 is 11.1 Å². The molecule has 3 N–H and O–H groups in total. The zero-order chi connectivity index (χ0) is 10.8. The second-order valence-corrected chi connectivity index (χ2v) is 4.24. The molecule has 1 aromatic rings. The van der Waals surface area contributed by atoms with Crippen LogP contribution in [0.4, 0.5) is 0 Å². The molecule has 2 heterocycles. The van der Waals surface area contributed by atoms with Gasteiger partial charge in [-0.2, -0.15) is 0 Å². The first-order chi connectivity index (χ1) is 7.22. The van der Waals surface area contributed by atoms with Gasteiger partial charge in [0.2, 0.25) is 0 Å². The molecule has 0 saturated carbocycles. The van der Waals surface area contributed by atoms with Crippen LogP contribution in [-0.2, 0) is 19.5 Å². The first kappa shape index (κ1) is 10.5. The monoisotopic (exact) mass is 206 g/mol. The Hall–Kier alpha value is -1.00. The van der Waals surface area contributed by atoms with E-state index in [9.17, 15) is 0 Å². The molecule has 1 aliphatic rings. The van der Waals surface area contributed by atoms with Crippen LogP contribution in [0.25, 0.3) is 0 Å². The van der Waals surface area contributed by atoms with Crippen molar-refractivity contribution in [1.82, 2.24) is 15.3 Å². The van der Waals surface area contributed by atoms with E-state index in [0.29, 0.717) is 12.5 Å². The third-order valence-corrected chi connectivity index (χ3v) is 2.75. The Morgan fingerprint density at radius 2 is 2.20 bits per heavy atom. The molecule has 0 amide bonds. The van der Waals surface area contributed by atoms with Crippen molar-refractivity contribution in [3.05, 3.63) is 22.8 Å². The molecule has 82 valence electrons. The van der Waals surface area contributed by atoms with Gasteiger partial charge in [0.1, 0.15) is 5.82 Å². The SMILES string of the molecule is CC(C)c1nc(CN)c2c(n1)CNCC2. The number of nitrogens with two attached hydrogens (primary N) is 1. The maximum absolute atomic E-state index is 5.73. The Morgan fingerprint density at radius 3 is 2.87 bits per heavy atom. The van der Waals surface area contributed by atoms with Crippen molar-refractivity contribution in [3.63, 3.8) is 0 Å². The smallest absolute Gasteiger partial charge is 0.131 e. The predicted molar refractivity (Wildman–Crippen MR) is 59.4 cm³/mol. The van der Waals surface area contributed by atoms with Gasteiger partial charge in [0.05, 0.1) is 11.4 Å². The van der Waals surface area contributed by atoms with Crippen LogP contribution in [0, 0.1) is 0 Å². The van der Waals surface area contributed by atoms with Crippen LogP contribution in [0.1, 0.15) is 42.5 Å². The molecule has 0 bridgehead atoms. The Balaban J connectivity index is 2.48. The summed E-state index contributed by atoms with van der Waals surface area (Å²) < 4.78 is 0. The van der Waals surface area contributed by atoms with E-state index in [1.54, 1.807) is 0 Å². The van der Waals surface area contributed by atoms with E-state index in [-0.39, 0.29) is 0 Å². The van der Waals surface area contributed by atoms with E-state index in [1.807, 2.05) is 0 Å². The molecule has 15 heavy (non-hydrogen) atoms. The molecule has 0 aromatic carbocycles. The minimum atomic E-state index is 0.363. The standard InChI is InChI=1S/C11H18N4/c1-7(2)11-14-9(5-12)8-3-4-13-6-10(8)15-11/h7,13H,3-6,12H2,1-2H3. The molecule has 1 aliphatic heterocycles. The Bertz CT molecular complexity index is 343. The normalized spacial score (nSPS) is 15.5. The first-order valence-corrected chi connectivity index (χ1v) is 5.51. The molecule has 0 aliphatic carbocycles. The topological polar surface area (TPSA) is 63.8 Å². The van der Waals surface area contributed by atoms with Crippen LogP contribution in [0.15, 0.2) is 0 Å². The van der Waals surface area contributed by atoms with Gasteiger partial charge in [-0.05, 0) is 18.5 Å². The molecular weight excluding hydrogens is 188 g/mol. The van der Waals surface area contributed by atoms with Crippen molar-refractivity contribution in [2.24, 2.45) is 5.73 Å². The Morgan fingerprint density at radius 1 is 1.40 bits per heavy atom. The predicted octanol–water partition coefficient (Wildman–Crippen LogP) is 0.704. The summed E-state index contributed by atoms with van der Waals surface area (Å²) in [5, 5.41) is 3.33. The van der Waals surface area contributed by atoms with E-state index >= 15 is 0 Å². The highest BCUT2D eigenvalue weighted by molar-refractivity contribution is 5.28. The minimum absolute atomic E-state index is 0.363. The third kappa shape index (κ3) is 2.01. The lowest BCUT2D eigenvalue weighted by Crippen LogP contribution is -2.28. The molecular formula is C11H18N4. The van der Waals surface area contributed by atoms with Crippen molar-refractivity contribution in [1.29, 1.82) is 0 Å². The van der Waals surface area contributed by atoms with Crippen LogP contribution >= 0.6 is 0 Å². The average molecular weight is 206 g/mol. The van der Waals surface area contributed by atoms with Gasteiger partial charge in [-0.3, -0.25) is 0 Å². The summed E-state index contributed by atoms with van der Waals surface area (Å²) in [6, 6.07) is 0. The summed E-state index contributed by atoms with van der Waals surface area (Å²) in [4.78, 5) is 9.13. The van der Waals surface area contributed by atoms with Gasteiger partial charge in [-0.25, -0.2) is 9.97 Å². The van der Waals surface area contributed by atoms with E-state index < -0.39 is 0 Å². The van der Waals surface area contributed by atoms with Crippen molar-refractivity contribution in [3.8, 4) is 0 Å². The van der Waals surface area contributed by atoms with Gasteiger partial charge >= 0.3 is 0 Å². The summed E-state index contributed by atoms with van der Waals surface area (Å²) in [6.45, 7) is 6.59. The molecule has 0 atom stereocenters. The molecule has 4 nitrogen and oxygen atoms in total. The molecule has 0 saturated heterocycles. The summed E-state index contributed by atoms with van der Waals surface area (Å²) in [7, 11) is 0. The Kier molecular flexibility index (Phi) is 2.98. The number of hydrogen-bond donors (Lipinski definition) is 2. The second kappa shape index (κ2) is 4.24. The number of nitrogens with zero attached hydrogens (tertiary/aromatic N) is 2. The van der Waals surface area contributed by atoms with E-state index in [4.69, 9.17) is 5.73 Å². The molecule has 0 radical (unpaired) electrons. The molecule has 0 spiro atoms. The highest BCUT2D eigenvalue weighted by atomic mass is 15.0. The highest BCUT2D eigenvalue weighted by Gasteiger charge is 2.17. The maximum Gasteiger partial charge on any atom is 0.131 e. The molecule has 0 unspecified atom stereocenters. The number of aromatic nitrogens is 2. The van der Waals surface area contributed by atoms with Crippen LogP contribution in [0.3, 0.4) is 0 Å². The summed E-state index contributed by atoms with van der Waals surface area (Å²) in [5.74, 6) is 1.28. The number of hydrogen-bond acceptors (Lipinski definition) is 4. The van der Waals surface area contributed by atoms with Crippen LogP contribution in [0.5, 0.6) is 0 Å². The highest BCUT2D eigenvalue weighted by Crippen LogP contribution is 2.18. The fourth-order valence-corrected chi connectivity index (χ4v) is 1.89. The lowest BCUT2D eigenvalue weighted by molar-refractivity contribution is 0.600. The van der Waals surface area contributed by atoms with E-state index in [2.05, 4.69) is 29.1 Å². The number of rotatable bonds is 2. The van der Waals surface area contributed by atoms with Gasteiger partial charge in [0.25, 0.3) is 0 Å². The van der Waals surface area contributed by atoms with Crippen molar-refractivity contribution in [2.45, 2.75) is 39.3 Å². The summed E-state index contributed by atoms with van der Waals surface area (Å²) in [5.41, 5.74) is 9.17. The largest absolute Gasteiger partial charge is 0.325 e. The summed E-state index contributed by atoms with van der Waals surface area (Å²) in [6.07, 6.45) is 1.00. The lowest BCUT2D eigenvalue weighted by Gasteiger charge is -2.20. The maximum atomic E-state index is 5.73. The van der Waals surface area contributed by atoms with Crippen molar-refractivity contribution in [2.75, 3.05) is 6.54 Å². The fraction of sp³-hybridized carbons (Fsp3) is 0.636. The summed E-state index contributed by atoms with van der Waals surface area (Å²) >= 11 is 0. The Labute approximate surface area is 90.3 Å². The second-order valence-electron chi connectivity index (χ2n) is 4.24. The number of fused-ring (bicyclic) bond motifs is 1. The molecule has 4 heteroatoms. The minimum Gasteiger partial charge on any atom is -0.325 e. The fourth-order valence-electron chi connectivity index (χ4n) is 1.89. The number of nitrogens with one attached hydrogen (secondary N) is 1. The van der Waals surface area contributed by atoms with Gasteiger partial charge < -0.3 is 11.1 Å². The van der Waals surface area contributed by atoms with Gasteiger partial charge in [0.15, 0.2) is 0 Å². The quantitative estimate of drug-likeness (QED) is 0.748. The van der Waals surface area contributed by atoms with Crippen LogP contribution in [0.2, 0.25) is 0 Å². The molecule has 1 aromatic heterocycles. The van der Waals surface area contributed by atoms with E-state index in [1.165, 1.54) is 5.56 Å². The lowest BCUT2D eigenvalue weighted by atomic mass is 10.0. The van der Waals surface area contributed by atoms with Crippen molar-refractivity contribution >= 4 is 0 Å². The van der Waals surface area contributed by atoms with Gasteiger partial charge in [0, 0.05) is 19.0 Å².